The number of carbonyl (C=O) groups excluding carboxylic acids is 2. The standard InChI is InChI=1S/C14H25FN2O3/c1-10(18)16-9-14(5)6-7-17(8-11(14)15)12(19)20-13(2,3)4/h11H,6-9H2,1-5H3,(H,16,18)/t11-,14+/m1/s1. The van der Waals surface area contributed by atoms with E-state index in [0.29, 0.717) is 13.0 Å². The van der Waals surface area contributed by atoms with Crippen molar-refractivity contribution < 1.29 is 18.7 Å². The Kier molecular flexibility index (Phi) is 5.00. The Morgan fingerprint density at radius 1 is 1.45 bits per heavy atom. The molecule has 1 rings (SSSR count). The molecular formula is C14H25FN2O3. The molecule has 20 heavy (non-hydrogen) atoms. The van der Waals surface area contributed by atoms with Crippen LogP contribution in [0.3, 0.4) is 0 Å². The van der Waals surface area contributed by atoms with E-state index in [1.54, 1.807) is 27.7 Å². The minimum atomic E-state index is -1.18. The summed E-state index contributed by atoms with van der Waals surface area (Å²) in [7, 11) is 0. The van der Waals surface area contributed by atoms with E-state index in [0.717, 1.165) is 0 Å². The molecule has 116 valence electrons. The molecule has 0 saturated carbocycles. The maximum absolute atomic E-state index is 14.3. The molecule has 1 fully saturated rings. The molecule has 0 unspecified atom stereocenters. The van der Waals surface area contributed by atoms with Crippen molar-refractivity contribution >= 4 is 12.0 Å². The number of hydrogen-bond acceptors (Lipinski definition) is 3. The molecule has 1 aliphatic rings. The molecule has 5 nitrogen and oxygen atoms in total. The molecule has 1 aliphatic heterocycles. The van der Waals surface area contributed by atoms with Crippen LogP contribution in [-0.4, -0.2) is 48.3 Å². The van der Waals surface area contributed by atoms with E-state index in [-0.39, 0.29) is 19.0 Å². The van der Waals surface area contributed by atoms with E-state index >= 15 is 0 Å². The number of likely N-dealkylation sites (tertiary alicyclic amines) is 1. The van der Waals surface area contributed by atoms with Crippen molar-refractivity contribution in [1.29, 1.82) is 0 Å². The number of hydrogen-bond donors (Lipinski definition) is 1. The van der Waals surface area contributed by atoms with Crippen LogP contribution in [0, 0.1) is 5.41 Å². The lowest BCUT2D eigenvalue weighted by Crippen LogP contribution is -2.54. The fourth-order valence-electron chi connectivity index (χ4n) is 2.07. The third-order valence-electron chi connectivity index (χ3n) is 3.48. The summed E-state index contributed by atoms with van der Waals surface area (Å²) in [6.07, 6.45) is -1.18. The third-order valence-corrected chi connectivity index (χ3v) is 3.48. The maximum Gasteiger partial charge on any atom is 0.410 e. The predicted octanol–water partition coefficient (Wildman–Crippen LogP) is 2.11. The molecule has 6 heteroatoms. The molecule has 0 radical (unpaired) electrons. The Bertz CT molecular complexity index is 381. The highest BCUT2D eigenvalue weighted by Crippen LogP contribution is 2.33. The van der Waals surface area contributed by atoms with E-state index in [9.17, 15) is 14.0 Å². The van der Waals surface area contributed by atoms with Gasteiger partial charge >= 0.3 is 6.09 Å². The maximum atomic E-state index is 14.3. The van der Waals surface area contributed by atoms with Gasteiger partial charge in [0.1, 0.15) is 11.8 Å². The summed E-state index contributed by atoms with van der Waals surface area (Å²) in [5, 5.41) is 2.65. The van der Waals surface area contributed by atoms with Crippen LogP contribution in [0.2, 0.25) is 0 Å². The zero-order valence-electron chi connectivity index (χ0n) is 13.0. The fraction of sp³-hybridized carbons (Fsp3) is 0.857. The molecular weight excluding hydrogens is 263 g/mol. The highest BCUT2D eigenvalue weighted by atomic mass is 19.1. The molecule has 0 aromatic carbocycles. The average molecular weight is 288 g/mol. The summed E-state index contributed by atoms with van der Waals surface area (Å²) in [6, 6.07) is 0. The Morgan fingerprint density at radius 2 is 2.05 bits per heavy atom. The molecule has 0 aliphatic carbocycles. The van der Waals surface area contributed by atoms with E-state index in [4.69, 9.17) is 4.74 Å². The molecule has 1 heterocycles. The van der Waals surface area contributed by atoms with Crippen LogP contribution < -0.4 is 5.32 Å². The second-order valence-electron chi connectivity index (χ2n) is 6.71. The second kappa shape index (κ2) is 5.97. The minimum absolute atomic E-state index is 0.00496. The van der Waals surface area contributed by atoms with Gasteiger partial charge in [0, 0.05) is 25.4 Å². The second-order valence-corrected chi connectivity index (χ2v) is 6.71. The Hall–Kier alpha value is -1.33. The van der Waals surface area contributed by atoms with Gasteiger partial charge in [-0.2, -0.15) is 0 Å². The van der Waals surface area contributed by atoms with Crippen LogP contribution in [0.15, 0.2) is 0 Å². The van der Waals surface area contributed by atoms with Gasteiger partial charge in [-0.25, -0.2) is 9.18 Å². The van der Waals surface area contributed by atoms with Gasteiger partial charge in [-0.15, -0.1) is 0 Å². The van der Waals surface area contributed by atoms with Crippen molar-refractivity contribution in [3.8, 4) is 0 Å². The van der Waals surface area contributed by atoms with E-state index < -0.39 is 23.3 Å². The molecule has 1 saturated heterocycles. The summed E-state index contributed by atoms with van der Waals surface area (Å²) >= 11 is 0. The van der Waals surface area contributed by atoms with Crippen molar-refractivity contribution in [2.75, 3.05) is 19.6 Å². The van der Waals surface area contributed by atoms with Crippen molar-refractivity contribution in [3.63, 3.8) is 0 Å². The first-order valence-electron chi connectivity index (χ1n) is 6.90. The van der Waals surface area contributed by atoms with Gasteiger partial charge in [0.05, 0.1) is 6.54 Å². The van der Waals surface area contributed by atoms with Crippen LogP contribution in [0.4, 0.5) is 9.18 Å². The normalized spacial score (nSPS) is 27.1. The third kappa shape index (κ3) is 4.65. The van der Waals surface area contributed by atoms with E-state index in [1.807, 2.05) is 0 Å². The lowest BCUT2D eigenvalue weighted by molar-refractivity contribution is -0.120. The van der Waals surface area contributed by atoms with Gasteiger partial charge in [-0.1, -0.05) is 6.92 Å². The molecule has 0 aromatic heterocycles. The van der Waals surface area contributed by atoms with E-state index in [2.05, 4.69) is 5.32 Å². The zero-order chi connectivity index (χ0) is 15.6. The number of nitrogens with one attached hydrogen (secondary N) is 1. The zero-order valence-corrected chi connectivity index (χ0v) is 13.0. The van der Waals surface area contributed by atoms with Gasteiger partial charge in [-0.3, -0.25) is 4.79 Å². The van der Waals surface area contributed by atoms with Gasteiger partial charge in [-0.05, 0) is 27.2 Å². The van der Waals surface area contributed by atoms with Crippen molar-refractivity contribution in [2.45, 2.75) is 52.8 Å². The van der Waals surface area contributed by atoms with Crippen LogP contribution in [0.25, 0.3) is 0 Å². The number of rotatable bonds is 2. The number of carbonyl (C=O) groups is 2. The number of piperidine rings is 1. The smallest absolute Gasteiger partial charge is 0.410 e. The number of alkyl halides is 1. The van der Waals surface area contributed by atoms with Crippen LogP contribution in [0.1, 0.15) is 41.0 Å². The first-order valence-corrected chi connectivity index (χ1v) is 6.90. The number of ether oxygens (including phenoxy) is 1. The molecule has 0 bridgehead atoms. The lowest BCUT2D eigenvalue weighted by atomic mass is 9.78. The monoisotopic (exact) mass is 288 g/mol. The predicted molar refractivity (Wildman–Crippen MR) is 74.1 cm³/mol. The van der Waals surface area contributed by atoms with Crippen molar-refractivity contribution in [1.82, 2.24) is 10.2 Å². The molecule has 2 amide bonds. The highest BCUT2D eigenvalue weighted by Gasteiger charge is 2.42. The molecule has 1 N–H and O–H groups in total. The van der Waals surface area contributed by atoms with Gasteiger partial charge < -0.3 is 15.0 Å². The van der Waals surface area contributed by atoms with Crippen molar-refractivity contribution in [2.24, 2.45) is 5.41 Å². The first-order chi connectivity index (χ1) is 9.03. The van der Waals surface area contributed by atoms with Crippen molar-refractivity contribution in [3.05, 3.63) is 0 Å². The molecule has 2 atom stereocenters. The van der Waals surface area contributed by atoms with Gasteiger partial charge in [0.2, 0.25) is 5.91 Å². The van der Waals surface area contributed by atoms with Crippen LogP contribution in [-0.2, 0) is 9.53 Å². The first kappa shape index (κ1) is 16.7. The summed E-state index contributed by atoms with van der Waals surface area (Å²) in [4.78, 5) is 24.2. The largest absolute Gasteiger partial charge is 0.444 e. The summed E-state index contributed by atoms with van der Waals surface area (Å²) in [5.41, 5.74) is -1.22. The lowest BCUT2D eigenvalue weighted by Gasteiger charge is -2.42. The molecule has 0 aromatic rings. The number of amides is 2. The summed E-state index contributed by atoms with van der Waals surface area (Å²) < 4.78 is 19.6. The number of nitrogens with zero attached hydrogens (tertiary/aromatic N) is 1. The Morgan fingerprint density at radius 3 is 2.50 bits per heavy atom. The highest BCUT2D eigenvalue weighted by molar-refractivity contribution is 5.72. The Balaban J connectivity index is 2.58. The molecule has 0 spiro atoms. The summed E-state index contributed by atoms with van der Waals surface area (Å²) in [5.74, 6) is -0.173. The fourth-order valence-corrected chi connectivity index (χ4v) is 2.07. The quantitative estimate of drug-likeness (QED) is 0.846. The van der Waals surface area contributed by atoms with Crippen LogP contribution >= 0.6 is 0 Å². The van der Waals surface area contributed by atoms with Crippen LogP contribution in [0.5, 0.6) is 0 Å². The Labute approximate surface area is 119 Å². The van der Waals surface area contributed by atoms with E-state index in [1.165, 1.54) is 11.8 Å². The minimum Gasteiger partial charge on any atom is -0.444 e. The SMILES string of the molecule is CC(=O)NC[C@]1(C)CCN(C(=O)OC(C)(C)C)C[C@H]1F. The topological polar surface area (TPSA) is 58.6 Å². The number of halogens is 1. The summed E-state index contributed by atoms with van der Waals surface area (Å²) in [6.45, 7) is 9.27. The van der Waals surface area contributed by atoms with Gasteiger partial charge in [0.15, 0.2) is 0 Å². The average Bonchev–Trinajstić information content (AvgIpc) is 2.28. The van der Waals surface area contributed by atoms with Gasteiger partial charge in [0.25, 0.3) is 0 Å².